The first-order valence-corrected chi connectivity index (χ1v) is 15.8. The minimum atomic E-state index is -0.638. The van der Waals surface area contributed by atoms with Gasteiger partial charge in [-0.2, -0.15) is 0 Å². The Morgan fingerprint density at radius 1 is 0.745 bits per heavy atom. The van der Waals surface area contributed by atoms with Crippen molar-refractivity contribution in [3.63, 3.8) is 0 Å². The van der Waals surface area contributed by atoms with E-state index in [4.69, 9.17) is 24.5 Å². The highest BCUT2D eigenvalue weighted by Crippen LogP contribution is 2.31. The van der Waals surface area contributed by atoms with E-state index in [0.29, 0.717) is 17.9 Å². The van der Waals surface area contributed by atoms with Crippen molar-refractivity contribution in [2.24, 2.45) is 0 Å². The predicted molar refractivity (Wildman–Crippen MR) is 187 cm³/mol. The molecule has 0 heterocycles. The molecular weight excluding hydrogens is 592 g/mol. The van der Waals surface area contributed by atoms with Gasteiger partial charge in [0.05, 0.1) is 18.8 Å². The second-order valence-electron chi connectivity index (χ2n) is 11.1. The van der Waals surface area contributed by atoms with Crippen LogP contribution in [0.5, 0.6) is 11.5 Å². The van der Waals surface area contributed by atoms with Gasteiger partial charge in [-0.05, 0) is 81.6 Å². The summed E-state index contributed by atoms with van der Waals surface area (Å²) in [6, 6.07) is 30.1. The predicted octanol–water partition coefficient (Wildman–Crippen LogP) is 8.27. The molecule has 4 aromatic carbocycles. The van der Waals surface area contributed by atoms with E-state index in [0.717, 1.165) is 52.0 Å². The molecule has 0 aliphatic carbocycles. The van der Waals surface area contributed by atoms with Gasteiger partial charge < -0.3 is 24.8 Å². The fourth-order valence-electron chi connectivity index (χ4n) is 4.92. The van der Waals surface area contributed by atoms with Crippen molar-refractivity contribution in [2.75, 3.05) is 13.2 Å². The third-order valence-corrected chi connectivity index (χ3v) is 7.65. The Labute approximate surface area is 277 Å². The number of carbonyl (C=O) groups is 2. The maximum Gasteiger partial charge on any atom is 0.341 e. The Kier molecular flexibility index (Phi) is 15.2. The van der Waals surface area contributed by atoms with Crippen molar-refractivity contribution >= 4 is 18.0 Å². The molecule has 0 bridgehead atoms. The first-order valence-electron chi connectivity index (χ1n) is 15.8. The third-order valence-electron chi connectivity index (χ3n) is 7.65. The molecule has 0 saturated heterocycles. The van der Waals surface area contributed by atoms with Crippen molar-refractivity contribution in [1.29, 1.82) is 0 Å². The molecule has 4 aromatic rings. The number of hydrogen-bond acceptors (Lipinski definition) is 6. The molecule has 0 saturated carbocycles. The highest BCUT2D eigenvalue weighted by molar-refractivity contribution is 5.89. The van der Waals surface area contributed by atoms with Crippen LogP contribution in [0.4, 0.5) is 0 Å². The number of esters is 1. The Morgan fingerprint density at radius 3 is 1.89 bits per heavy atom. The average molecular weight is 637 g/mol. The third kappa shape index (κ3) is 11.4. The zero-order chi connectivity index (χ0) is 34.0. The number of rotatable bonds is 16. The van der Waals surface area contributed by atoms with Crippen LogP contribution in [0.1, 0.15) is 55.7 Å². The molecule has 47 heavy (non-hydrogen) atoms. The second-order valence-corrected chi connectivity index (χ2v) is 11.1. The van der Waals surface area contributed by atoms with E-state index in [9.17, 15) is 9.90 Å². The number of ether oxygens (including phenoxy) is 2. The van der Waals surface area contributed by atoms with Gasteiger partial charge in [0.1, 0.15) is 18.1 Å². The quantitative estimate of drug-likeness (QED) is 0.0373. The lowest BCUT2D eigenvalue weighted by atomic mass is 9.98. The molecule has 0 atom stereocenters. The van der Waals surface area contributed by atoms with Gasteiger partial charge in [0.2, 0.25) is 0 Å². The normalized spacial score (nSPS) is 10.4. The van der Waals surface area contributed by atoms with Crippen LogP contribution in [-0.2, 0) is 22.6 Å². The summed E-state index contributed by atoms with van der Waals surface area (Å²) in [6.45, 7) is 9.36. The molecule has 0 radical (unpaired) electrons. The summed E-state index contributed by atoms with van der Waals surface area (Å²) in [7, 11) is 0. The monoisotopic (exact) mass is 636 g/mol. The topological polar surface area (TPSA) is 113 Å². The molecule has 0 aliphatic rings. The highest BCUT2D eigenvalue weighted by Gasteiger charge is 2.11. The van der Waals surface area contributed by atoms with Gasteiger partial charge in [-0.15, -0.1) is 0 Å². The number of aliphatic hydroxyl groups is 2. The van der Waals surface area contributed by atoms with Crippen molar-refractivity contribution in [3.05, 3.63) is 126 Å². The molecule has 246 valence electrons. The van der Waals surface area contributed by atoms with E-state index >= 15 is 0 Å². The van der Waals surface area contributed by atoms with Gasteiger partial charge in [-0.1, -0.05) is 112 Å². The molecule has 7 heteroatoms. The molecule has 3 N–H and O–H groups in total. The van der Waals surface area contributed by atoms with Crippen molar-refractivity contribution in [2.45, 2.75) is 52.1 Å². The smallest absolute Gasteiger partial charge is 0.341 e. The van der Waals surface area contributed by atoms with Crippen LogP contribution in [0.15, 0.2) is 110 Å². The minimum Gasteiger partial charge on any atom is -0.489 e. The lowest BCUT2D eigenvalue weighted by molar-refractivity contribution is -0.130. The highest BCUT2D eigenvalue weighted by atomic mass is 16.5. The van der Waals surface area contributed by atoms with Crippen LogP contribution in [0.2, 0.25) is 0 Å². The lowest BCUT2D eigenvalue weighted by Gasteiger charge is -2.15. The van der Waals surface area contributed by atoms with E-state index in [-0.39, 0.29) is 18.7 Å². The summed E-state index contributed by atoms with van der Waals surface area (Å²) >= 11 is 0. The minimum absolute atomic E-state index is 0.0145. The van der Waals surface area contributed by atoms with Crippen LogP contribution in [0.25, 0.3) is 27.8 Å². The molecule has 0 aromatic heterocycles. The fraction of sp³-hybridized carbons (Fsp3) is 0.250. The summed E-state index contributed by atoms with van der Waals surface area (Å²) < 4.78 is 11.6. The molecule has 0 amide bonds. The van der Waals surface area contributed by atoms with Gasteiger partial charge in [-0.25, -0.2) is 4.79 Å². The maximum atomic E-state index is 11.9. The van der Waals surface area contributed by atoms with Gasteiger partial charge in [0.15, 0.2) is 0 Å². The SMILES string of the molecule is C=C(CO)C(=O)Oc1ccc(-c2ccc(OCc3ccc(-c4ccc(C(=C)CO)cc4)cc3)c(CCCCCCC)c2)cc1.O=CO. The fourth-order valence-corrected chi connectivity index (χ4v) is 4.92. The standard InChI is InChI=1S/C39H42O5.CH2O2/c1-4-5-6-7-8-9-36-24-35(34-18-21-37(22-19-34)44-39(42)29(3)26-41)20-23-38(36)43-27-30-10-12-32(13-11-30)33-16-14-31(15-17-33)28(2)25-40;2-1-3/h10-24,40-41H,2-9,25-27H2,1H3;1H,(H,2,3). The number of aryl methyl sites for hydroxylation is 1. The summed E-state index contributed by atoms with van der Waals surface area (Å²) in [6.07, 6.45) is 6.93. The largest absolute Gasteiger partial charge is 0.489 e. The van der Waals surface area contributed by atoms with Crippen LogP contribution in [0, 0.1) is 0 Å². The number of carbonyl (C=O) groups excluding carboxylic acids is 1. The maximum absolute atomic E-state index is 11.9. The Hall–Kier alpha value is -4.98. The second kappa shape index (κ2) is 19.5. The van der Waals surface area contributed by atoms with E-state index < -0.39 is 12.6 Å². The molecule has 0 fully saturated rings. The molecule has 0 aliphatic heterocycles. The number of aliphatic hydroxyl groups excluding tert-OH is 2. The van der Waals surface area contributed by atoms with Crippen LogP contribution >= 0.6 is 0 Å². The molecule has 7 nitrogen and oxygen atoms in total. The zero-order valence-electron chi connectivity index (χ0n) is 27.0. The number of hydrogen-bond donors (Lipinski definition) is 3. The van der Waals surface area contributed by atoms with Crippen molar-refractivity contribution < 1.29 is 34.4 Å². The van der Waals surface area contributed by atoms with E-state index in [1.807, 2.05) is 42.5 Å². The Morgan fingerprint density at radius 2 is 1.30 bits per heavy atom. The van der Waals surface area contributed by atoms with Gasteiger partial charge in [-0.3, -0.25) is 4.79 Å². The summed E-state index contributed by atoms with van der Waals surface area (Å²) in [5.74, 6) is 0.655. The number of benzene rings is 4. The number of carboxylic acid groups (broad SMARTS) is 1. The Bertz CT molecular complexity index is 1590. The van der Waals surface area contributed by atoms with Crippen LogP contribution in [-0.4, -0.2) is 41.0 Å². The Balaban J connectivity index is 0.00000192. The first kappa shape index (κ1) is 36.5. The van der Waals surface area contributed by atoms with E-state index in [2.05, 4.69) is 56.5 Å². The lowest BCUT2D eigenvalue weighted by Crippen LogP contribution is -2.12. The molecular formula is C40H44O7. The van der Waals surface area contributed by atoms with E-state index in [1.165, 1.54) is 31.2 Å². The van der Waals surface area contributed by atoms with Crippen molar-refractivity contribution in [1.82, 2.24) is 0 Å². The number of unbranched alkanes of at least 4 members (excludes halogenated alkanes) is 4. The van der Waals surface area contributed by atoms with Gasteiger partial charge in [0.25, 0.3) is 6.47 Å². The molecule has 4 rings (SSSR count). The van der Waals surface area contributed by atoms with Gasteiger partial charge in [0, 0.05) is 0 Å². The van der Waals surface area contributed by atoms with Crippen LogP contribution in [0.3, 0.4) is 0 Å². The summed E-state index contributed by atoms with van der Waals surface area (Å²) in [4.78, 5) is 20.3. The first-order chi connectivity index (χ1) is 22.8. The average Bonchev–Trinajstić information content (AvgIpc) is 3.11. The summed E-state index contributed by atoms with van der Waals surface area (Å²) in [5, 5.41) is 25.3. The van der Waals surface area contributed by atoms with Gasteiger partial charge >= 0.3 is 5.97 Å². The zero-order valence-corrected chi connectivity index (χ0v) is 27.0. The summed E-state index contributed by atoms with van der Waals surface area (Å²) in [5.41, 5.74) is 8.23. The van der Waals surface area contributed by atoms with E-state index in [1.54, 1.807) is 12.1 Å². The molecule has 0 unspecified atom stereocenters. The van der Waals surface area contributed by atoms with Crippen molar-refractivity contribution in [3.8, 4) is 33.8 Å². The van der Waals surface area contributed by atoms with Crippen LogP contribution < -0.4 is 9.47 Å². The molecule has 0 spiro atoms.